The second kappa shape index (κ2) is 8.79. The summed E-state index contributed by atoms with van der Waals surface area (Å²) in [6.45, 7) is 3.95. The Bertz CT molecular complexity index is 991. The van der Waals surface area contributed by atoms with Gasteiger partial charge in [-0.1, -0.05) is 55.5 Å². The summed E-state index contributed by atoms with van der Waals surface area (Å²) in [6.07, 6.45) is 4.26. The maximum atomic E-state index is 14.3. The summed E-state index contributed by atoms with van der Waals surface area (Å²) in [5.41, 5.74) is 2.99. The molecular formula is C24H21F3O. The van der Waals surface area contributed by atoms with Crippen LogP contribution in [0.1, 0.15) is 30.5 Å². The lowest BCUT2D eigenvalue weighted by molar-refractivity contribution is 0.314. The smallest absolute Gasteiger partial charge is 0.201 e. The van der Waals surface area contributed by atoms with Gasteiger partial charge in [0.15, 0.2) is 11.6 Å². The molecule has 0 aromatic heterocycles. The lowest BCUT2D eigenvalue weighted by atomic mass is 10.0. The van der Waals surface area contributed by atoms with Crippen LogP contribution in [0.4, 0.5) is 13.2 Å². The van der Waals surface area contributed by atoms with E-state index in [9.17, 15) is 13.2 Å². The van der Waals surface area contributed by atoms with Crippen LogP contribution >= 0.6 is 0 Å². The lowest BCUT2D eigenvalue weighted by Gasteiger charge is -2.09. The Hall–Kier alpha value is -3.01. The Morgan fingerprint density at radius 2 is 1.57 bits per heavy atom. The fraction of sp³-hybridized carbons (Fsp3) is 0.167. The summed E-state index contributed by atoms with van der Waals surface area (Å²) in [6, 6.07) is 15.1. The molecule has 0 amide bonds. The van der Waals surface area contributed by atoms with E-state index in [1.807, 2.05) is 13.0 Å². The highest BCUT2D eigenvalue weighted by atomic mass is 19.2. The highest BCUT2D eigenvalue weighted by molar-refractivity contribution is 5.72. The molecule has 0 heterocycles. The Morgan fingerprint density at radius 1 is 0.821 bits per heavy atom. The van der Waals surface area contributed by atoms with Crippen LogP contribution in [0, 0.1) is 17.5 Å². The molecule has 0 N–H and O–H groups in total. The van der Waals surface area contributed by atoms with E-state index in [1.165, 1.54) is 18.2 Å². The molecule has 3 rings (SSSR count). The third-order valence-electron chi connectivity index (χ3n) is 4.50. The first-order chi connectivity index (χ1) is 13.5. The van der Waals surface area contributed by atoms with Crippen molar-refractivity contribution in [3.05, 3.63) is 88.7 Å². The summed E-state index contributed by atoms with van der Waals surface area (Å²) >= 11 is 0. The van der Waals surface area contributed by atoms with E-state index in [2.05, 4.69) is 0 Å². The summed E-state index contributed by atoms with van der Waals surface area (Å²) in [4.78, 5) is 0. The van der Waals surface area contributed by atoms with Crippen LogP contribution in [-0.4, -0.2) is 6.61 Å². The fourth-order valence-electron chi connectivity index (χ4n) is 2.91. The van der Waals surface area contributed by atoms with Crippen molar-refractivity contribution in [1.29, 1.82) is 0 Å². The minimum Gasteiger partial charge on any atom is -0.491 e. The molecule has 0 saturated heterocycles. The van der Waals surface area contributed by atoms with Crippen molar-refractivity contribution in [2.45, 2.75) is 20.3 Å². The van der Waals surface area contributed by atoms with Crippen LogP contribution in [-0.2, 0) is 6.42 Å². The van der Waals surface area contributed by atoms with Crippen LogP contribution in [0.3, 0.4) is 0 Å². The van der Waals surface area contributed by atoms with Crippen molar-refractivity contribution in [3.63, 3.8) is 0 Å². The van der Waals surface area contributed by atoms with E-state index in [0.29, 0.717) is 11.1 Å². The number of ether oxygens (including phenoxy) is 1. The van der Waals surface area contributed by atoms with Crippen molar-refractivity contribution in [2.75, 3.05) is 6.61 Å². The molecule has 3 aromatic rings. The molecule has 1 nitrogen and oxygen atoms in total. The van der Waals surface area contributed by atoms with E-state index in [1.54, 1.807) is 49.4 Å². The predicted molar refractivity (Wildman–Crippen MR) is 108 cm³/mol. The Morgan fingerprint density at radius 3 is 2.21 bits per heavy atom. The van der Waals surface area contributed by atoms with Gasteiger partial charge in [-0.2, -0.15) is 4.39 Å². The zero-order valence-electron chi connectivity index (χ0n) is 15.8. The molecular weight excluding hydrogens is 361 g/mol. The Labute approximate surface area is 163 Å². The molecule has 0 spiro atoms. The number of benzene rings is 3. The second-order valence-corrected chi connectivity index (χ2v) is 6.34. The third-order valence-corrected chi connectivity index (χ3v) is 4.50. The molecule has 0 saturated carbocycles. The first kappa shape index (κ1) is 19.7. The van der Waals surface area contributed by atoms with Crippen LogP contribution in [0.5, 0.6) is 5.75 Å². The lowest BCUT2D eigenvalue weighted by Crippen LogP contribution is -1.98. The summed E-state index contributed by atoms with van der Waals surface area (Å²) in [5.74, 6) is -2.29. The van der Waals surface area contributed by atoms with Crippen molar-refractivity contribution in [3.8, 4) is 16.9 Å². The van der Waals surface area contributed by atoms with Crippen LogP contribution in [0.15, 0.2) is 54.6 Å². The molecule has 0 aliphatic rings. The van der Waals surface area contributed by atoms with Crippen molar-refractivity contribution in [1.82, 2.24) is 0 Å². The van der Waals surface area contributed by atoms with E-state index < -0.39 is 11.6 Å². The van der Waals surface area contributed by atoms with Gasteiger partial charge in [-0.3, -0.25) is 0 Å². The monoisotopic (exact) mass is 382 g/mol. The molecule has 144 valence electrons. The maximum Gasteiger partial charge on any atom is 0.201 e. The minimum atomic E-state index is -0.991. The third kappa shape index (κ3) is 4.28. The quantitative estimate of drug-likeness (QED) is 0.421. The highest BCUT2D eigenvalue weighted by Gasteiger charge is 2.15. The molecule has 0 atom stereocenters. The molecule has 4 heteroatoms. The zero-order valence-corrected chi connectivity index (χ0v) is 15.8. The van der Waals surface area contributed by atoms with E-state index >= 15 is 0 Å². The van der Waals surface area contributed by atoms with E-state index in [0.717, 1.165) is 17.5 Å². The van der Waals surface area contributed by atoms with Crippen molar-refractivity contribution >= 4 is 12.2 Å². The number of rotatable bonds is 6. The summed E-state index contributed by atoms with van der Waals surface area (Å²) < 4.78 is 47.5. The van der Waals surface area contributed by atoms with Gasteiger partial charge in [-0.05, 0) is 48.2 Å². The molecule has 0 radical (unpaired) electrons. The fourth-order valence-corrected chi connectivity index (χ4v) is 2.91. The number of hydrogen-bond donors (Lipinski definition) is 0. The predicted octanol–water partition coefficient (Wildman–Crippen LogP) is 6.90. The largest absolute Gasteiger partial charge is 0.491 e. The van der Waals surface area contributed by atoms with Gasteiger partial charge in [0.2, 0.25) is 5.82 Å². The molecule has 28 heavy (non-hydrogen) atoms. The van der Waals surface area contributed by atoms with Gasteiger partial charge in [0.1, 0.15) is 5.82 Å². The SMILES string of the molecule is CCOc1ccc(-c2ccc(/C=C/c3ccc(CC)cc3F)cc2)c(F)c1F. The first-order valence-electron chi connectivity index (χ1n) is 9.21. The molecule has 0 unspecified atom stereocenters. The second-order valence-electron chi connectivity index (χ2n) is 6.34. The van der Waals surface area contributed by atoms with Gasteiger partial charge < -0.3 is 4.74 Å². The van der Waals surface area contributed by atoms with Gasteiger partial charge in [0.25, 0.3) is 0 Å². The van der Waals surface area contributed by atoms with Crippen molar-refractivity contribution < 1.29 is 17.9 Å². The summed E-state index contributed by atoms with van der Waals surface area (Å²) in [7, 11) is 0. The normalized spacial score (nSPS) is 11.2. The van der Waals surface area contributed by atoms with Crippen molar-refractivity contribution in [2.24, 2.45) is 0 Å². The number of aryl methyl sites for hydroxylation is 1. The Balaban J connectivity index is 1.81. The minimum absolute atomic E-state index is 0.0978. The highest BCUT2D eigenvalue weighted by Crippen LogP contribution is 2.30. The number of halogens is 3. The topological polar surface area (TPSA) is 9.23 Å². The van der Waals surface area contributed by atoms with Gasteiger partial charge in [0.05, 0.1) is 6.61 Å². The van der Waals surface area contributed by atoms with E-state index in [4.69, 9.17) is 4.74 Å². The zero-order chi connectivity index (χ0) is 20.1. The molecule has 0 aliphatic heterocycles. The molecule has 0 aliphatic carbocycles. The standard InChI is InChI=1S/C24H21F3O/c1-3-16-5-11-19(21(25)15-16)12-8-17-6-9-18(10-7-17)20-13-14-22(28-4-2)24(27)23(20)26/h5-15H,3-4H2,1-2H3/b12-8+. The maximum absolute atomic E-state index is 14.3. The van der Waals surface area contributed by atoms with Gasteiger partial charge in [0, 0.05) is 11.1 Å². The van der Waals surface area contributed by atoms with Crippen LogP contribution in [0.2, 0.25) is 0 Å². The van der Waals surface area contributed by atoms with Crippen LogP contribution in [0.25, 0.3) is 23.3 Å². The summed E-state index contributed by atoms with van der Waals surface area (Å²) in [5, 5.41) is 0. The van der Waals surface area contributed by atoms with Crippen LogP contribution < -0.4 is 4.74 Å². The average Bonchev–Trinajstić information content (AvgIpc) is 2.71. The number of hydrogen-bond acceptors (Lipinski definition) is 1. The Kier molecular flexibility index (Phi) is 6.19. The average molecular weight is 382 g/mol. The van der Waals surface area contributed by atoms with Gasteiger partial charge >= 0.3 is 0 Å². The first-order valence-corrected chi connectivity index (χ1v) is 9.21. The molecule has 0 bridgehead atoms. The van der Waals surface area contributed by atoms with Gasteiger partial charge in [-0.25, -0.2) is 8.78 Å². The molecule has 0 fully saturated rings. The van der Waals surface area contributed by atoms with Gasteiger partial charge in [-0.15, -0.1) is 0 Å². The molecule has 3 aromatic carbocycles. The van der Waals surface area contributed by atoms with E-state index in [-0.39, 0.29) is 23.7 Å².